The first kappa shape index (κ1) is 34.0. The minimum atomic E-state index is -2.79. The van der Waals surface area contributed by atoms with Crippen LogP contribution < -0.4 is 5.73 Å². The quantitative estimate of drug-likeness (QED) is 0.248. The maximum absolute atomic E-state index is 14.6. The number of benzene rings is 1. The molecular formula is C36H53NO8. The van der Waals surface area contributed by atoms with E-state index in [0.29, 0.717) is 11.1 Å². The van der Waals surface area contributed by atoms with Crippen molar-refractivity contribution in [2.45, 2.75) is 129 Å². The lowest BCUT2D eigenvalue weighted by atomic mass is 9.36. The molecule has 0 heterocycles. The molecule has 2 unspecified atom stereocenters. The van der Waals surface area contributed by atoms with Crippen molar-refractivity contribution in [3.05, 3.63) is 28.8 Å². The Morgan fingerprint density at radius 1 is 1.09 bits per heavy atom. The van der Waals surface area contributed by atoms with E-state index in [1.54, 1.807) is 20.8 Å². The molecule has 1 aromatic rings. The van der Waals surface area contributed by atoms with Crippen LogP contribution in [0.4, 0.5) is 0 Å². The summed E-state index contributed by atoms with van der Waals surface area (Å²) in [6, 6.07) is 3.67. The number of carbonyl (C=O) groups excluding carboxylic acids is 3. The number of phenols is 1. The number of fused-ring (bicyclic) bond motifs is 3. The summed E-state index contributed by atoms with van der Waals surface area (Å²) in [5.41, 5.74) is 0.187. The largest absolute Gasteiger partial charge is 0.507 e. The first-order valence-corrected chi connectivity index (χ1v) is 16.8. The Balaban J connectivity index is 1.62. The normalized spacial score (nSPS) is 40.3. The lowest BCUT2D eigenvalue weighted by Crippen LogP contribution is -2.83. The molecule has 9 heteroatoms. The number of carbonyl (C=O) groups is 3. The van der Waals surface area contributed by atoms with Gasteiger partial charge in [-0.25, -0.2) is 0 Å². The Kier molecular flexibility index (Phi) is 8.42. The van der Waals surface area contributed by atoms with Crippen molar-refractivity contribution < 1.29 is 39.9 Å². The number of aliphatic hydroxyl groups is 4. The zero-order chi connectivity index (χ0) is 33.6. The van der Waals surface area contributed by atoms with Crippen LogP contribution in [0.3, 0.4) is 0 Å². The fourth-order valence-corrected chi connectivity index (χ4v) is 10.6. The Bertz CT molecular complexity index is 1380. The fraction of sp³-hybridized carbons (Fsp3) is 0.750. The molecule has 9 nitrogen and oxygen atoms in total. The van der Waals surface area contributed by atoms with Gasteiger partial charge in [0.25, 0.3) is 0 Å². The minimum Gasteiger partial charge on any atom is -0.507 e. The summed E-state index contributed by atoms with van der Waals surface area (Å²) in [5, 5.41) is 60.0. The van der Waals surface area contributed by atoms with E-state index in [1.165, 1.54) is 32.6 Å². The zero-order valence-corrected chi connectivity index (χ0v) is 27.8. The van der Waals surface area contributed by atoms with Crippen LogP contribution in [-0.2, 0) is 15.0 Å². The molecule has 1 aromatic carbocycles. The third kappa shape index (κ3) is 4.43. The second-order valence-corrected chi connectivity index (χ2v) is 16.2. The van der Waals surface area contributed by atoms with Crippen LogP contribution >= 0.6 is 0 Å². The summed E-state index contributed by atoms with van der Waals surface area (Å²) in [4.78, 5) is 41.0. The lowest BCUT2D eigenvalue weighted by Gasteiger charge is -2.69. The molecule has 4 aliphatic rings. The second-order valence-electron chi connectivity index (χ2n) is 16.2. The van der Waals surface area contributed by atoms with Crippen LogP contribution in [0.5, 0.6) is 5.75 Å². The summed E-state index contributed by atoms with van der Waals surface area (Å²) in [6.45, 7) is 12.5. The lowest BCUT2D eigenvalue weighted by molar-refractivity contribution is -0.306. The smallest absolute Gasteiger partial charge is 0.230 e. The van der Waals surface area contributed by atoms with Crippen molar-refractivity contribution in [2.24, 2.45) is 46.2 Å². The van der Waals surface area contributed by atoms with Crippen LogP contribution in [-0.4, -0.2) is 66.9 Å². The van der Waals surface area contributed by atoms with Gasteiger partial charge in [-0.3, -0.25) is 14.4 Å². The molecule has 10 atom stereocenters. The molecule has 0 saturated heterocycles. The van der Waals surface area contributed by atoms with E-state index in [0.717, 1.165) is 25.2 Å². The number of hydrogen-bond donors (Lipinski definition) is 6. The van der Waals surface area contributed by atoms with Crippen molar-refractivity contribution in [2.75, 3.05) is 0 Å². The molecule has 0 bridgehead atoms. The monoisotopic (exact) mass is 627 g/mol. The van der Waals surface area contributed by atoms with Crippen LogP contribution in [0.2, 0.25) is 0 Å². The van der Waals surface area contributed by atoms with Crippen molar-refractivity contribution in [3.63, 3.8) is 0 Å². The number of phenolic OH excluding ortho intramolecular Hbond substituents is 1. The Labute approximate surface area is 266 Å². The number of Topliss-reactive ketones (excluding diaryl/α,β-unsaturated/α-hetero) is 2. The predicted molar refractivity (Wildman–Crippen MR) is 168 cm³/mol. The standard InChI is InChI=1S/C36H53NO8/c1-17(2)24-28(40)23(31(37)43)29(41)36(45)30(42)25-27(39)22-20(18(3)34(25,6)32(44)35(24,36)7)14-15-21(26(22)38)33(4,5)16-10-13-19-11-8-9-12-19/h14-15,17-19,23-25,28,30,32,38,40,42,44-45H,8-13,16H2,1-7H3,(H2,37,43)/t18-,23-,24+,25-,28?,30?,32-,34+,35+,36+/m1/s1. The van der Waals surface area contributed by atoms with Crippen molar-refractivity contribution >= 4 is 17.5 Å². The third-order valence-electron chi connectivity index (χ3n) is 13.2. The van der Waals surface area contributed by atoms with Crippen LogP contribution in [0.1, 0.15) is 121 Å². The first-order valence-electron chi connectivity index (χ1n) is 16.8. The number of ketones is 2. The summed E-state index contributed by atoms with van der Waals surface area (Å²) in [7, 11) is 0. The number of aromatic hydroxyl groups is 1. The Hall–Kier alpha value is -2.33. The highest BCUT2D eigenvalue weighted by molar-refractivity contribution is 6.09. The number of nitrogens with two attached hydrogens (primary N) is 1. The van der Waals surface area contributed by atoms with Crippen molar-refractivity contribution in [1.29, 1.82) is 0 Å². The van der Waals surface area contributed by atoms with Crippen molar-refractivity contribution in [1.82, 2.24) is 0 Å². The van der Waals surface area contributed by atoms with Gasteiger partial charge in [-0.2, -0.15) is 0 Å². The number of hydrogen-bond acceptors (Lipinski definition) is 8. The van der Waals surface area contributed by atoms with Gasteiger partial charge in [0.05, 0.1) is 23.7 Å². The molecule has 0 aliphatic heterocycles. The van der Waals surface area contributed by atoms with E-state index in [4.69, 9.17) is 5.73 Å². The molecule has 250 valence electrons. The van der Waals surface area contributed by atoms with Crippen molar-refractivity contribution in [3.8, 4) is 5.75 Å². The molecule has 3 fully saturated rings. The highest BCUT2D eigenvalue weighted by Crippen LogP contribution is 2.68. The topological polar surface area (TPSA) is 178 Å². The molecule has 7 N–H and O–H groups in total. The highest BCUT2D eigenvalue weighted by atomic mass is 16.4. The number of rotatable bonds is 7. The van der Waals surface area contributed by atoms with Gasteiger partial charge in [0.2, 0.25) is 5.91 Å². The van der Waals surface area contributed by atoms with E-state index in [2.05, 4.69) is 0 Å². The Morgan fingerprint density at radius 3 is 2.24 bits per heavy atom. The highest BCUT2D eigenvalue weighted by Gasteiger charge is 2.80. The fourth-order valence-electron chi connectivity index (χ4n) is 10.6. The van der Waals surface area contributed by atoms with Gasteiger partial charge in [0.15, 0.2) is 17.2 Å². The molecule has 0 aromatic heterocycles. The first-order chi connectivity index (χ1) is 20.8. The van der Waals surface area contributed by atoms with Gasteiger partial charge in [0.1, 0.15) is 17.8 Å². The summed E-state index contributed by atoms with van der Waals surface area (Å²) in [5.74, 6) is -7.93. The van der Waals surface area contributed by atoms with E-state index < -0.39 is 87.2 Å². The predicted octanol–water partition coefficient (Wildman–Crippen LogP) is 3.74. The van der Waals surface area contributed by atoms with Crippen LogP contribution in [0.25, 0.3) is 0 Å². The zero-order valence-electron chi connectivity index (χ0n) is 27.8. The second kappa shape index (κ2) is 11.1. The summed E-state index contributed by atoms with van der Waals surface area (Å²) < 4.78 is 0. The molecule has 4 aliphatic carbocycles. The molecular weight excluding hydrogens is 574 g/mol. The molecule has 0 spiro atoms. The average molecular weight is 628 g/mol. The SMILES string of the molecule is CC(C)[C@H]1C(O)[C@@H](C(N)=O)C(=O)[C@]2(O)C(O)[C@H]3C(=O)c4c(ccc(C(C)(C)CCCC5CCCC5)c4O)[C@@H](C)[C@]3(C)[C@@H](O)[C@]12C. The summed E-state index contributed by atoms with van der Waals surface area (Å²) >= 11 is 0. The van der Waals surface area contributed by atoms with Gasteiger partial charge >= 0.3 is 0 Å². The number of aliphatic hydroxyl groups excluding tert-OH is 3. The van der Waals surface area contributed by atoms with E-state index in [-0.39, 0.29) is 11.3 Å². The number of amides is 1. The third-order valence-corrected chi connectivity index (χ3v) is 13.2. The van der Waals surface area contributed by atoms with Gasteiger partial charge in [-0.05, 0) is 41.1 Å². The number of primary amides is 1. The molecule has 0 radical (unpaired) electrons. The average Bonchev–Trinajstić information content (AvgIpc) is 3.46. The molecule has 1 amide bonds. The molecule has 5 rings (SSSR count). The maximum Gasteiger partial charge on any atom is 0.230 e. The van der Waals surface area contributed by atoms with Gasteiger partial charge in [0, 0.05) is 16.4 Å². The van der Waals surface area contributed by atoms with Gasteiger partial charge < -0.3 is 31.3 Å². The maximum atomic E-state index is 14.6. The van der Waals surface area contributed by atoms with Gasteiger partial charge in [-0.1, -0.05) is 99.1 Å². The minimum absolute atomic E-state index is 0.0277. The van der Waals surface area contributed by atoms with Crippen LogP contribution in [0, 0.1) is 40.4 Å². The Morgan fingerprint density at radius 2 is 1.69 bits per heavy atom. The van der Waals surface area contributed by atoms with E-state index in [1.807, 2.05) is 32.9 Å². The van der Waals surface area contributed by atoms with E-state index in [9.17, 15) is 39.9 Å². The molecule has 3 saturated carbocycles. The summed E-state index contributed by atoms with van der Waals surface area (Å²) in [6.07, 6.45) is 2.75. The van der Waals surface area contributed by atoms with Crippen LogP contribution in [0.15, 0.2) is 12.1 Å². The van der Waals surface area contributed by atoms with Gasteiger partial charge in [-0.15, -0.1) is 0 Å². The van der Waals surface area contributed by atoms with E-state index >= 15 is 0 Å². The molecule has 45 heavy (non-hydrogen) atoms.